The number of amides is 2. The molecule has 0 spiro atoms. The smallest absolute Gasteiger partial charge is 0.407 e. The van der Waals surface area contributed by atoms with Gasteiger partial charge in [0.15, 0.2) is 5.78 Å². The van der Waals surface area contributed by atoms with Gasteiger partial charge in [0.2, 0.25) is 15.9 Å². The molecule has 0 bridgehead atoms. The lowest BCUT2D eigenvalue weighted by molar-refractivity contribution is -0.385. The summed E-state index contributed by atoms with van der Waals surface area (Å²) >= 11 is 0.996. The number of aliphatic hydroxyl groups is 1. The number of carboxylic acids is 1. The first-order valence-electron chi connectivity index (χ1n) is 16.4. The molecule has 1 fully saturated rings. The number of alkyl carbamates (subject to hydrolysis) is 1. The quantitative estimate of drug-likeness (QED) is 0.0547. The van der Waals surface area contributed by atoms with Gasteiger partial charge in [-0.05, 0) is 36.6 Å². The van der Waals surface area contributed by atoms with Crippen molar-refractivity contribution in [2.45, 2.75) is 32.1 Å². The van der Waals surface area contributed by atoms with Crippen molar-refractivity contribution in [1.29, 1.82) is 0 Å². The van der Waals surface area contributed by atoms with E-state index in [1.165, 1.54) is 72.4 Å². The third-order valence-electron chi connectivity index (χ3n) is 9.14. The maximum atomic E-state index is 13.2. The molecule has 288 valence electrons. The Labute approximate surface area is 314 Å². The van der Waals surface area contributed by atoms with Gasteiger partial charge < -0.3 is 25.2 Å². The zero-order chi connectivity index (χ0) is 39.8. The number of Topliss-reactive ketones (excluding diaryl/α,β-unsaturated/α-hetero) is 1. The molecule has 4 atom stereocenters. The van der Waals surface area contributed by atoms with E-state index in [9.17, 15) is 58.0 Å². The van der Waals surface area contributed by atoms with Crippen molar-refractivity contribution in [3.63, 3.8) is 0 Å². The second-order valence-corrected chi connectivity index (χ2v) is 15.6. The van der Waals surface area contributed by atoms with Crippen LogP contribution in [0.2, 0.25) is 0 Å². The number of aliphatic carboxylic acids is 1. The van der Waals surface area contributed by atoms with Crippen molar-refractivity contribution < 1.29 is 52.4 Å². The number of β-lactam (4-membered cyclic amide) rings is 1. The van der Waals surface area contributed by atoms with Crippen molar-refractivity contribution in [3.05, 3.63) is 109 Å². The number of ketones is 1. The summed E-state index contributed by atoms with van der Waals surface area (Å²) in [7, 11) is -4.09. The summed E-state index contributed by atoms with van der Waals surface area (Å²) in [5.41, 5.74) is 0.658. The molecular weight excluding hydrogens is 767 g/mol. The SMILES string of the molecule is C[C@@H](O)[C@H]1C(=O)N2C(C(=O)O)=C(c3cn4cnc(C(=O)CNS(=O)(=O)CCNC(=O)OCc5ccc([N+](=O)[O-])cc5)c4s3)C(Cc3ccc([N+](=O)[O-])cc3)[C@H]12. The van der Waals surface area contributed by atoms with Crippen LogP contribution in [0.4, 0.5) is 16.2 Å². The van der Waals surface area contributed by atoms with Gasteiger partial charge in [-0.3, -0.25) is 34.2 Å². The van der Waals surface area contributed by atoms with Crippen molar-refractivity contribution >= 4 is 66.9 Å². The highest BCUT2D eigenvalue weighted by molar-refractivity contribution is 7.89. The average Bonchev–Trinajstić information content (AvgIpc) is 3.80. The fraction of sp³-hybridized carbons (Fsp3) is 0.303. The van der Waals surface area contributed by atoms with E-state index in [0.29, 0.717) is 16.0 Å². The molecule has 2 aromatic carbocycles. The van der Waals surface area contributed by atoms with Crippen molar-refractivity contribution in [1.82, 2.24) is 24.3 Å². The van der Waals surface area contributed by atoms with E-state index < -0.39 is 79.9 Å². The van der Waals surface area contributed by atoms with Crippen LogP contribution in [0.25, 0.3) is 10.4 Å². The summed E-state index contributed by atoms with van der Waals surface area (Å²) in [6.45, 7) is 0.149. The molecule has 4 heterocycles. The molecule has 0 aliphatic carbocycles. The first-order chi connectivity index (χ1) is 26.1. The number of nitro groups is 2. The molecule has 1 saturated heterocycles. The molecule has 2 aliphatic rings. The third-order valence-corrected chi connectivity index (χ3v) is 11.6. The van der Waals surface area contributed by atoms with E-state index in [1.807, 2.05) is 0 Å². The maximum absolute atomic E-state index is 13.2. The van der Waals surface area contributed by atoms with Gasteiger partial charge in [0, 0.05) is 48.5 Å². The zero-order valence-electron chi connectivity index (χ0n) is 28.6. The summed E-state index contributed by atoms with van der Waals surface area (Å²) in [5, 5.41) is 45.0. The highest BCUT2D eigenvalue weighted by atomic mass is 32.2. The number of benzene rings is 2. The molecule has 2 aromatic heterocycles. The van der Waals surface area contributed by atoms with Gasteiger partial charge in [0.05, 0.1) is 45.1 Å². The number of thiazole rings is 1. The van der Waals surface area contributed by atoms with Crippen LogP contribution >= 0.6 is 11.3 Å². The summed E-state index contributed by atoms with van der Waals surface area (Å²) < 4.78 is 33.9. The lowest BCUT2D eigenvalue weighted by atomic mass is 9.74. The van der Waals surface area contributed by atoms with E-state index in [1.54, 1.807) is 0 Å². The molecule has 6 rings (SSSR count). The van der Waals surface area contributed by atoms with Gasteiger partial charge in [-0.2, -0.15) is 0 Å². The minimum absolute atomic E-state index is 0.115. The van der Waals surface area contributed by atoms with Crippen LogP contribution in [0, 0.1) is 32.1 Å². The molecule has 4 N–H and O–H groups in total. The number of aromatic nitrogens is 2. The van der Waals surface area contributed by atoms with Crippen molar-refractivity contribution in [3.8, 4) is 0 Å². The van der Waals surface area contributed by atoms with Crippen LogP contribution in [0.3, 0.4) is 0 Å². The summed E-state index contributed by atoms with van der Waals surface area (Å²) in [5.74, 6) is -4.86. The number of imidazole rings is 1. The summed E-state index contributed by atoms with van der Waals surface area (Å²) in [6.07, 6.45) is 0.954. The zero-order valence-corrected chi connectivity index (χ0v) is 30.2. The Morgan fingerprint density at radius 2 is 1.65 bits per heavy atom. The number of fused-ring (bicyclic) bond motifs is 2. The minimum Gasteiger partial charge on any atom is -0.477 e. The van der Waals surface area contributed by atoms with Gasteiger partial charge in [0.25, 0.3) is 11.4 Å². The highest BCUT2D eigenvalue weighted by Gasteiger charge is 2.61. The Balaban J connectivity index is 1.13. The van der Waals surface area contributed by atoms with Gasteiger partial charge in [0.1, 0.15) is 29.2 Å². The Kier molecular flexibility index (Phi) is 10.8. The largest absolute Gasteiger partial charge is 0.477 e. The summed E-state index contributed by atoms with van der Waals surface area (Å²) in [4.78, 5) is 77.8. The van der Waals surface area contributed by atoms with Crippen LogP contribution in [-0.4, -0.2) is 97.5 Å². The van der Waals surface area contributed by atoms with Crippen LogP contribution in [-0.2, 0) is 37.4 Å². The van der Waals surface area contributed by atoms with Crippen LogP contribution in [0.15, 0.2) is 66.8 Å². The van der Waals surface area contributed by atoms with Gasteiger partial charge in [-0.15, -0.1) is 11.3 Å². The number of hydrogen-bond acceptors (Lipinski definition) is 14. The number of carbonyl (C=O) groups excluding carboxylic acids is 3. The van der Waals surface area contributed by atoms with Crippen LogP contribution < -0.4 is 10.0 Å². The third kappa shape index (κ3) is 7.92. The number of sulfonamides is 1. The second-order valence-electron chi connectivity index (χ2n) is 12.7. The first-order valence-corrected chi connectivity index (χ1v) is 18.9. The van der Waals surface area contributed by atoms with Crippen LogP contribution in [0.1, 0.15) is 33.4 Å². The number of ether oxygens (including phenoxy) is 1. The van der Waals surface area contributed by atoms with Crippen molar-refractivity contribution in [2.75, 3.05) is 18.8 Å². The predicted molar refractivity (Wildman–Crippen MR) is 191 cm³/mol. The standard InChI is InChI=1S/C33H31N7O13S2/c1-17(41)25-28-22(12-18-2-6-20(7-3-18)39(47)48)26(29(32(44)45)38(28)30(25)43)24-14-37-16-35-27(31(37)54-24)23(42)13-36-55(51,52)11-10-34-33(46)53-15-19-4-8-21(9-5-19)40(49)50/h2-9,14,16-17,22,25,28,36,41H,10-13,15H2,1H3,(H,34,46)(H,44,45)/t17-,22?,25-,28-/m1/s1. The number of non-ortho nitro benzene ring substituents is 2. The lowest BCUT2D eigenvalue weighted by Gasteiger charge is -2.47. The molecule has 4 aromatic rings. The predicted octanol–water partition coefficient (Wildman–Crippen LogP) is 2.12. The lowest BCUT2D eigenvalue weighted by Crippen LogP contribution is -2.64. The molecular formula is C33H31N7O13S2. The average molecular weight is 798 g/mol. The fourth-order valence-electron chi connectivity index (χ4n) is 6.59. The van der Waals surface area contributed by atoms with E-state index >= 15 is 0 Å². The number of nitrogens with zero attached hydrogens (tertiary/aromatic N) is 5. The normalized spacial score (nSPS) is 18.5. The molecule has 55 heavy (non-hydrogen) atoms. The number of rotatable bonds is 16. The van der Waals surface area contributed by atoms with Crippen LogP contribution in [0.5, 0.6) is 0 Å². The molecule has 2 aliphatic heterocycles. The van der Waals surface area contributed by atoms with E-state index in [2.05, 4.69) is 15.0 Å². The monoisotopic (exact) mass is 797 g/mol. The van der Waals surface area contributed by atoms with E-state index in [0.717, 1.165) is 16.2 Å². The van der Waals surface area contributed by atoms with E-state index in [4.69, 9.17) is 4.74 Å². The number of aliphatic hydroxyl groups excluding tert-OH is 1. The number of nitro benzene ring substituents is 2. The Morgan fingerprint density at radius 1 is 1.04 bits per heavy atom. The Bertz CT molecular complexity index is 2350. The minimum atomic E-state index is -4.09. The first kappa shape index (κ1) is 38.6. The molecule has 1 unspecified atom stereocenters. The maximum Gasteiger partial charge on any atom is 0.407 e. The van der Waals surface area contributed by atoms with Gasteiger partial charge in [-0.1, -0.05) is 12.1 Å². The molecule has 0 saturated carbocycles. The topological polar surface area (TPSA) is 283 Å². The Hall–Kier alpha value is -6.10. The molecule has 2 amide bonds. The number of carboxylic acid groups (broad SMARTS) is 1. The number of nitrogens with one attached hydrogen (secondary N) is 2. The summed E-state index contributed by atoms with van der Waals surface area (Å²) in [6, 6.07) is 10.2. The van der Waals surface area contributed by atoms with Gasteiger partial charge >= 0.3 is 12.1 Å². The van der Waals surface area contributed by atoms with E-state index in [-0.39, 0.29) is 52.7 Å². The molecule has 20 nitrogen and oxygen atoms in total. The van der Waals surface area contributed by atoms with Gasteiger partial charge in [-0.25, -0.2) is 27.7 Å². The number of hydrogen-bond donors (Lipinski definition) is 4. The molecule has 0 radical (unpaired) electrons. The van der Waals surface area contributed by atoms with Crippen molar-refractivity contribution in [2.24, 2.45) is 11.8 Å². The molecule has 22 heteroatoms. The second kappa shape index (κ2) is 15.3. The Morgan fingerprint density at radius 3 is 2.24 bits per heavy atom. The highest BCUT2D eigenvalue weighted by Crippen LogP contribution is 2.53. The fourth-order valence-corrected chi connectivity index (χ4v) is 8.65. The number of carbonyl (C=O) groups is 4.